The van der Waals surface area contributed by atoms with Gasteiger partial charge in [0, 0.05) is 5.54 Å². The summed E-state index contributed by atoms with van der Waals surface area (Å²) in [6, 6.07) is 6.41. The molecule has 0 heterocycles. The van der Waals surface area contributed by atoms with Gasteiger partial charge in [0.25, 0.3) is 0 Å². The number of carbonyl (C=O) groups is 2. The Morgan fingerprint density at radius 2 is 1.94 bits per heavy atom. The molecule has 92 valence electrons. The van der Waals surface area contributed by atoms with Gasteiger partial charge in [-0.25, -0.2) is 4.79 Å². The zero-order chi connectivity index (χ0) is 13.1. The van der Waals surface area contributed by atoms with Gasteiger partial charge in [-0.05, 0) is 38.5 Å². The molecule has 17 heavy (non-hydrogen) atoms. The van der Waals surface area contributed by atoms with Crippen molar-refractivity contribution in [3.8, 4) is 0 Å². The molecule has 4 heteroatoms. The van der Waals surface area contributed by atoms with Crippen molar-refractivity contribution >= 4 is 11.9 Å². The molecule has 1 aromatic carbocycles. The molecule has 0 aliphatic heterocycles. The number of aromatic carboxylic acids is 1. The molecule has 0 atom stereocenters. The Bertz CT molecular complexity index is 433. The summed E-state index contributed by atoms with van der Waals surface area (Å²) < 4.78 is 0. The van der Waals surface area contributed by atoms with Gasteiger partial charge in [-0.1, -0.05) is 12.1 Å². The number of benzene rings is 1. The van der Waals surface area contributed by atoms with Crippen LogP contribution < -0.4 is 5.32 Å². The average molecular weight is 235 g/mol. The van der Waals surface area contributed by atoms with E-state index >= 15 is 0 Å². The van der Waals surface area contributed by atoms with E-state index in [1.54, 1.807) is 12.1 Å². The summed E-state index contributed by atoms with van der Waals surface area (Å²) in [7, 11) is 0. The zero-order valence-corrected chi connectivity index (χ0v) is 10.3. The van der Waals surface area contributed by atoms with E-state index in [1.165, 1.54) is 12.1 Å². The number of nitrogens with one attached hydrogen (secondary N) is 1. The van der Waals surface area contributed by atoms with E-state index in [2.05, 4.69) is 5.32 Å². The van der Waals surface area contributed by atoms with Gasteiger partial charge in [0.15, 0.2) is 0 Å². The summed E-state index contributed by atoms with van der Waals surface area (Å²) in [5.74, 6) is -1.09. The summed E-state index contributed by atoms with van der Waals surface area (Å²) in [5.41, 5.74) is 0.624. The first-order valence-corrected chi connectivity index (χ1v) is 5.41. The van der Waals surface area contributed by atoms with Crippen molar-refractivity contribution in [1.29, 1.82) is 0 Å². The number of hydrogen-bond acceptors (Lipinski definition) is 2. The summed E-state index contributed by atoms with van der Waals surface area (Å²) in [5, 5.41) is 11.7. The van der Waals surface area contributed by atoms with Crippen LogP contribution in [-0.2, 0) is 11.2 Å². The summed E-state index contributed by atoms with van der Waals surface area (Å²) in [4.78, 5) is 22.4. The molecule has 0 unspecified atom stereocenters. The lowest BCUT2D eigenvalue weighted by Gasteiger charge is -2.20. The normalized spacial score (nSPS) is 11.0. The molecule has 0 aliphatic rings. The predicted molar refractivity (Wildman–Crippen MR) is 65.0 cm³/mol. The number of carboxylic acid groups (broad SMARTS) is 1. The van der Waals surface area contributed by atoms with Crippen LogP contribution in [0.25, 0.3) is 0 Å². The number of carboxylic acids is 1. The topological polar surface area (TPSA) is 66.4 Å². The van der Waals surface area contributed by atoms with Crippen LogP contribution in [0, 0.1) is 0 Å². The first-order chi connectivity index (χ1) is 7.78. The monoisotopic (exact) mass is 235 g/mol. The fourth-order valence-electron chi connectivity index (χ4n) is 1.46. The average Bonchev–Trinajstić information content (AvgIpc) is 2.14. The third-order valence-corrected chi connectivity index (χ3v) is 2.05. The van der Waals surface area contributed by atoms with Crippen LogP contribution in [0.4, 0.5) is 0 Å². The molecule has 0 bridgehead atoms. The molecule has 0 saturated carbocycles. The minimum absolute atomic E-state index is 0.111. The van der Waals surface area contributed by atoms with Gasteiger partial charge in [0.05, 0.1) is 12.0 Å². The molecule has 0 radical (unpaired) electrons. The maximum absolute atomic E-state index is 11.7. The van der Waals surface area contributed by atoms with E-state index < -0.39 is 5.97 Å². The van der Waals surface area contributed by atoms with Crippen LogP contribution in [0.15, 0.2) is 24.3 Å². The second-order valence-corrected chi connectivity index (χ2v) is 4.98. The van der Waals surface area contributed by atoms with Crippen molar-refractivity contribution in [3.05, 3.63) is 35.4 Å². The SMILES string of the molecule is CC(C)(C)NC(=O)Cc1cccc(C(=O)O)c1. The van der Waals surface area contributed by atoms with Crippen LogP contribution in [0.1, 0.15) is 36.7 Å². The van der Waals surface area contributed by atoms with Crippen molar-refractivity contribution in [3.63, 3.8) is 0 Å². The highest BCUT2D eigenvalue weighted by Gasteiger charge is 2.14. The second kappa shape index (κ2) is 4.99. The van der Waals surface area contributed by atoms with E-state index in [4.69, 9.17) is 5.11 Å². The van der Waals surface area contributed by atoms with Gasteiger partial charge >= 0.3 is 5.97 Å². The van der Waals surface area contributed by atoms with Gasteiger partial charge in [-0.2, -0.15) is 0 Å². The third-order valence-electron chi connectivity index (χ3n) is 2.05. The molecular formula is C13H17NO3. The quantitative estimate of drug-likeness (QED) is 0.840. The maximum Gasteiger partial charge on any atom is 0.335 e. The number of hydrogen-bond donors (Lipinski definition) is 2. The summed E-state index contributed by atoms with van der Waals surface area (Å²) in [6.07, 6.45) is 0.193. The molecule has 1 amide bonds. The van der Waals surface area contributed by atoms with Gasteiger partial charge in [-0.3, -0.25) is 4.79 Å². The van der Waals surface area contributed by atoms with Crippen molar-refractivity contribution in [2.45, 2.75) is 32.7 Å². The lowest BCUT2D eigenvalue weighted by molar-refractivity contribution is -0.121. The van der Waals surface area contributed by atoms with Gasteiger partial charge in [0.1, 0.15) is 0 Å². The lowest BCUT2D eigenvalue weighted by atomic mass is 10.1. The Labute approximate surface area is 101 Å². The molecule has 0 aromatic heterocycles. The molecule has 4 nitrogen and oxygen atoms in total. The highest BCUT2D eigenvalue weighted by atomic mass is 16.4. The first kappa shape index (κ1) is 13.2. The lowest BCUT2D eigenvalue weighted by Crippen LogP contribution is -2.41. The molecule has 1 aromatic rings. The molecule has 1 rings (SSSR count). The zero-order valence-electron chi connectivity index (χ0n) is 10.3. The molecular weight excluding hydrogens is 218 g/mol. The van der Waals surface area contributed by atoms with Crippen LogP contribution in [-0.4, -0.2) is 22.5 Å². The molecule has 0 aliphatic carbocycles. The summed E-state index contributed by atoms with van der Waals surface area (Å²) >= 11 is 0. The Morgan fingerprint density at radius 3 is 2.47 bits per heavy atom. The minimum atomic E-state index is -0.983. The Kier molecular flexibility index (Phi) is 3.89. The molecule has 0 fully saturated rings. The Balaban J connectivity index is 2.72. The van der Waals surface area contributed by atoms with E-state index in [0.29, 0.717) is 5.56 Å². The summed E-state index contributed by atoms with van der Waals surface area (Å²) in [6.45, 7) is 5.70. The molecule has 2 N–H and O–H groups in total. The van der Waals surface area contributed by atoms with Crippen molar-refractivity contribution in [1.82, 2.24) is 5.32 Å². The van der Waals surface area contributed by atoms with Gasteiger partial charge < -0.3 is 10.4 Å². The standard InChI is InChI=1S/C13H17NO3/c1-13(2,3)14-11(15)8-9-5-4-6-10(7-9)12(16)17/h4-7H,8H2,1-3H3,(H,14,15)(H,16,17). The van der Waals surface area contributed by atoms with E-state index in [1.807, 2.05) is 20.8 Å². The van der Waals surface area contributed by atoms with Crippen molar-refractivity contribution < 1.29 is 14.7 Å². The highest BCUT2D eigenvalue weighted by Crippen LogP contribution is 2.07. The van der Waals surface area contributed by atoms with E-state index in [0.717, 1.165) is 0 Å². The third kappa shape index (κ3) is 4.68. The molecule has 0 spiro atoms. The number of amides is 1. The van der Waals surface area contributed by atoms with Gasteiger partial charge in [-0.15, -0.1) is 0 Å². The van der Waals surface area contributed by atoms with Crippen LogP contribution in [0.3, 0.4) is 0 Å². The predicted octanol–water partition coefficient (Wildman–Crippen LogP) is 1.84. The highest BCUT2D eigenvalue weighted by molar-refractivity contribution is 5.88. The van der Waals surface area contributed by atoms with Crippen LogP contribution in [0.2, 0.25) is 0 Å². The second-order valence-electron chi connectivity index (χ2n) is 4.98. The van der Waals surface area contributed by atoms with Crippen LogP contribution >= 0.6 is 0 Å². The minimum Gasteiger partial charge on any atom is -0.478 e. The fourth-order valence-corrected chi connectivity index (χ4v) is 1.46. The fraction of sp³-hybridized carbons (Fsp3) is 0.385. The largest absolute Gasteiger partial charge is 0.478 e. The first-order valence-electron chi connectivity index (χ1n) is 5.41. The smallest absolute Gasteiger partial charge is 0.335 e. The Hall–Kier alpha value is -1.84. The van der Waals surface area contributed by atoms with Crippen molar-refractivity contribution in [2.75, 3.05) is 0 Å². The number of carbonyl (C=O) groups excluding carboxylic acids is 1. The van der Waals surface area contributed by atoms with E-state index in [9.17, 15) is 9.59 Å². The van der Waals surface area contributed by atoms with Gasteiger partial charge in [0.2, 0.25) is 5.91 Å². The maximum atomic E-state index is 11.7. The van der Waals surface area contributed by atoms with Crippen molar-refractivity contribution in [2.24, 2.45) is 0 Å². The molecule has 0 saturated heterocycles. The Morgan fingerprint density at radius 1 is 1.29 bits per heavy atom. The number of rotatable bonds is 3. The van der Waals surface area contributed by atoms with E-state index in [-0.39, 0.29) is 23.4 Å². The van der Waals surface area contributed by atoms with Crippen LogP contribution in [0.5, 0.6) is 0 Å².